The number of benzene rings is 1. The number of aryl methyl sites for hydroxylation is 1. The number of alkyl halides is 3. The van der Waals surface area contributed by atoms with Gasteiger partial charge in [-0.1, -0.05) is 17.7 Å². The summed E-state index contributed by atoms with van der Waals surface area (Å²) in [5.74, 6) is -0.469. The molecule has 0 saturated heterocycles. The summed E-state index contributed by atoms with van der Waals surface area (Å²) in [7, 11) is 0. The van der Waals surface area contributed by atoms with Crippen molar-refractivity contribution >= 4 is 17.5 Å². The molecule has 0 spiro atoms. The Morgan fingerprint density at radius 1 is 1.16 bits per heavy atom. The van der Waals surface area contributed by atoms with Gasteiger partial charge < -0.3 is 18.8 Å². The lowest BCUT2D eigenvalue weighted by molar-refractivity contribution is -0.137. The summed E-state index contributed by atoms with van der Waals surface area (Å²) in [6.07, 6.45) is -1.34. The first-order chi connectivity index (χ1) is 15.2. The number of hydrogen-bond donors (Lipinski definition) is 0. The number of hydrogen-bond acceptors (Lipinski definition) is 4. The predicted octanol–water partition coefficient (Wildman–Crippen LogP) is 3.55. The van der Waals surface area contributed by atoms with E-state index in [0.29, 0.717) is 5.69 Å². The van der Waals surface area contributed by atoms with Crippen molar-refractivity contribution < 1.29 is 22.7 Å². The number of carbonyl (C=O) groups is 1. The third kappa shape index (κ3) is 4.10. The molecule has 1 aromatic carbocycles. The van der Waals surface area contributed by atoms with Crippen LogP contribution in [0, 0.1) is 6.92 Å². The number of fused-ring (bicyclic) bond motifs is 1. The van der Waals surface area contributed by atoms with Gasteiger partial charge in [0.05, 0.1) is 29.2 Å². The molecule has 0 N–H and O–H groups in total. The van der Waals surface area contributed by atoms with Gasteiger partial charge in [-0.15, -0.1) is 0 Å². The Kier molecular flexibility index (Phi) is 5.72. The molecule has 1 aliphatic heterocycles. The summed E-state index contributed by atoms with van der Waals surface area (Å²) in [4.78, 5) is 31.3. The fourth-order valence-corrected chi connectivity index (χ4v) is 3.82. The number of carbonyl (C=O) groups excluding carboxylic acids is 1. The van der Waals surface area contributed by atoms with E-state index >= 15 is 0 Å². The van der Waals surface area contributed by atoms with Gasteiger partial charge in [-0.3, -0.25) is 9.59 Å². The summed E-state index contributed by atoms with van der Waals surface area (Å²) < 4.78 is 47.4. The van der Waals surface area contributed by atoms with Crippen molar-refractivity contribution in [2.45, 2.75) is 19.6 Å². The van der Waals surface area contributed by atoms with Crippen LogP contribution in [-0.4, -0.2) is 44.6 Å². The lowest BCUT2D eigenvalue weighted by Gasteiger charge is -2.29. The van der Waals surface area contributed by atoms with Crippen LogP contribution in [0.3, 0.4) is 0 Å². The molecule has 0 atom stereocenters. The van der Waals surface area contributed by atoms with Gasteiger partial charge in [-0.05, 0) is 31.2 Å². The normalized spacial score (nSPS) is 13.9. The van der Waals surface area contributed by atoms with Crippen molar-refractivity contribution in [2.24, 2.45) is 0 Å². The van der Waals surface area contributed by atoms with Gasteiger partial charge >= 0.3 is 6.18 Å². The number of aromatic nitrogens is 3. The van der Waals surface area contributed by atoms with Crippen LogP contribution in [-0.2, 0) is 12.7 Å². The average molecular weight is 467 g/mol. The monoisotopic (exact) mass is 466 g/mol. The highest BCUT2D eigenvalue weighted by Gasteiger charge is 2.34. The highest BCUT2D eigenvalue weighted by molar-refractivity contribution is 6.32. The van der Waals surface area contributed by atoms with Crippen molar-refractivity contribution in [1.82, 2.24) is 19.0 Å². The van der Waals surface area contributed by atoms with Crippen LogP contribution in [0.4, 0.5) is 13.2 Å². The summed E-state index contributed by atoms with van der Waals surface area (Å²) in [6.45, 7) is 2.43. The zero-order chi connectivity index (χ0) is 23.0. The van der Waals surface area contributed by atoms with Gasteiger partial charge in [0.2, 0.25) is 0 Å². The Morgan fingerprint density at radius 2 is 1.94 bits per heavy atom. The predicted molar refractivity (Wildman–Crippen MR) is 110 cm³/mol. The topological polar surface area (TPSA) is 69.4 Å². The fraction of sp³-hybridized carbons (Fsp3) is 0.286. The van der Waals surface area contributed by atoms with Crippen molar-refractivity contribution in [3.63, 3.8) is 0 Å². The van der Waals surface area contributed by atoms with Crippen LogP contribution < -0.4 is 10.3 Å². The van der Waals surface area contributed by atoms with E-state index in [1.807, 2.05) is 6.92 Å². The molecular weight excluding hydrogens is 449 g/mol. The van der Waals surface area contributed by atoms with E-state index in [4.69, 9.17) is 16.3 Å². The molecule has 1 aliphatic rings. The van der Waals surface area contributed by atoms with Gasteiger partial charge in [0.15, 0.2) is 0 Å². The standard InChI is InChI=1S/C21H18ClF3N4O3/c1-13-11-28(12-26-13)15-5-6-16-19(30)27(7-8-29(16)20(15)31)9-10-32-17-4-2-3-14(18(17)22)21(23,24)25/h2-6,11-12H,7-10H2,1H3. The fourth-order valence-electron chi connectivity index (χ4n) is 3.53. The first-order valence-corrected chi connectivity index (χ1v) is 10.1. The molecule has 11 heteroatoms. The molecule has 7 nitrogen and oxygen atoms in total. The van der Waals surface area contributed by atoms with E-state index in [1.165, 1.54) is 27.9 Å². The molecule has 0 aliphatic carbocycles. The van der Waals surface area contributed by atoms with Crippen molar-refractivity contribution in [3.05, 3.63) is 75.2 Å². The Hall–Kier alpha value is -3.27. The van der Waals surface area contributed by atoms with E-state index in [1.54, 1.807) is 22.9 Å². The number of halogens is 4. The summed E-state index contributed by atoms with van der Waals surface area (Å²) in [5.41, 5.74) is 0.0927. The maximum absolute atomic E-state index is 13.0. The van der Waals surface area contributed by atoms with Gasteiger partial charge in [0.25, 0.3) is 11.5 Å². The number of imidazole rings is 1. The molecule has 168 valence electrons. The molecule has 32 heavy (non-hydrogen) atoms. The first kappa shape index (κ1) is 21.9. The summed E-state index contributed by atoms with van der Waals surface area (Å²) in [6, 6.07) is 6.56. The van der Waals surface area contributed by atoms with Gasteiger partial charge in [-0.2, -0.15) is 13.2 Å². The van der Waals surface area contributed by atoms with Crippen molar-refractivity contribution in [1.29, 1.82) is 0 Å². The van der Waals surface area contributed by atoms with Gasteiger partial charge in [-0.25, -0.2) is 4.98 Å². The van der Waals surface area contributed by atoms with E-state index < -0.39 is 16.8 Å². The zero-order valence-corrected chi connectivity index (χ0v) is 17.7. The summed E-state index contributed by atoms with van der Waals surface area (Å²) in [5, 5.41) is -0.524. The molecule has 1 amide bonds. The molecule has 2 aromatic heterocycles. The smallest absolute Gasteiger partial charge is 0.417 e. The highest BCUT2D eigenvalue weighted by atomic mass is 35.5. The Balaban J connectivity index is 1.46. The molecule has 4 rings (SSSR count). The van der Waals surface area contributed by atoms with Crippen molar-refractivity contribution in [2.75, 3.05) is 19.7 Å². The third-order valence-electron chi connectivity index (χ3n) is 5.13. The minimum atomic E-state index is -4.59. The lowest BCUT2D eigenvalue weighted by atomic mass is 10.2. The highest BCUT2D eigenvalue weighted by Crippen LogP contribution is 2.39. The van der Waals surface area contributed by atoms with Crippen LogP contribution in [0.1, 0.15) is 21.7 Å². The molecule has 0 radical (unpaired) electrons. The van der Waals surface area contributed by atoms with E-state index in [9.17, 15) is 22.8 Å². The van der Waals surface area contributed by atoms with E-state index in [0.717, 1.165) is 11.8 Å². The zero-order valence-electron chi connectivity index (χ0n) is 16.9. The molecule has 0 bridgehead atoms. The molecule has 0 saturated carbocycles. The minimum Gasteiger partial charge on any atom is -0.490 e. The van der Waals surface area contributed by atoms with Crippen LogP contribution in [0.2, 0.25) is 5.02 Å². The molecular formula is C21H18ClF3N4O3. The number of pyridine rings is 1. The van der Waals surface area contributed by atoms with Gasteiger partial charge in [0, 0.05) is 19.3 Å². The van der Waals surface area contributed by atoms with E-state index in [2.05, 4.69) is 4.98 Å². The quantitative estimate of drug-likeness (QED) is 0.576. The molecule has 0 unspecified atom stereocenters. The second kappa shape index (κ2) is 8.34. The Bertz CT molecular complexity index is 1240. The lowest BCUT2D eigenvalue weighted by Crippen LogP contribution is -2.46. The Labute approximate surface area is 185 Å². The SMILES string of the molecule is Cc1cn(-c2ccc3n(c2=O)CCN(CCOc2cccc(C(F)(F)F)c2Cl)C3=O)cn1. The average Bonchev–Trinajstić information content (AvgIpc) is 3.16. The van der Waals surface area contributed by atoms with Crippen LogP contribution in [0.25, 0.3) is 5.69 Å². The maximum atomic E-state index is 13.0. The second-order valence-electron chi connectivity index (χ2n) is 7.24. The van der Waals surface area contributed by atoms with Gasteiger partial charge in [0.1, 0.15) is 23.7 Å². The number of nitrogens with zero attached hydrogens (tertiary/aromatic N) is 4. The largest absolute Gasteiger partial charge is 0.490 e. The number of rotatable bonds is 5. The van der Waals surface area contributed by atoms with E-state index in [-0.39, 0.29) is 49.2 Å². The third-order valence-corrected chi connectivity index (χ3v) is 5.52. The van der Waals surface area contributed by atoms with Crippen LogP contribution in [0.5, 0.6) is 5.75 Å². The Morgan fingerprint density at radius 3 is 2.62 bits per heavy atom. The number of amides is 1. The minimum absolute atomic E-state index is 0.0522. The molecule has 0 fully saturated rings. The van der Waals surface area contributed by atoms with Crippen molar-refractivity contribution in [3.8, 4) is 11.4 Å². The van der Waals surface area contributed by atoms with Crippen LogP contribution >= 0.6 is 11.6 Å². The molecule has 3 heterocycles. The van der Waals surface area contributed by atoms with Crippen LogP contribution in [0.15, 0.2) is 47.7 Å². The first-order valence-electron chi connectivity index (χ1n) is 9.69. The second-order valence-corrected chi connectivity index (χ2v) is 7.62. The number of ether oxygens (including phenoxy) is 1. The maximum Gasteiger partial charge on any atom is 0.417 e. The molecule has 3 aromatic rings. The summed E-state index contributed by atoms with van der Waals surface area (Å²) >= 11 is 5.82.